The van der Waals surface area contributed by atoms with Crippen molar-refractivity contribution >= 4 is 28.3 Å². The van der Waals surface area contributed by atoms with Gasteiger partial charge in [0.05, 0.1) is 4.92 Å². The van der Waals surface area contributed by atoms with Crippen LogP contribution in [0.5, 0.6) is 5.88 Å². The highest BCUT2D eigenvalue weighted by atomic mass is 127. The first-order valence-corrected chi connectivity index (χ1v) is 4.86. The number of hydrogen-bond acceptors (Lipinski definition) is 4. The van der Waals surface area contributed by atoms with Crippen molar-refractivity contribution in [2.45, 2.75) is 13.3 Å². The number of alkyl halides is 3. The van der Waals surface area contributed by atoms with Gasteiger partial charge in [-0.2, -0.15) is 4.98 Å². The molecule has 0 unspecified atom stereocenters. The maximum Gasteiger partial charge on any atom is 0.574 e. The summed E-state index contributed by atoms with van der Waals surface area (Å²) in [5.74, 6) is -0.678. The fourth-order valence-corrected chi connectivity index (χ4v) is 1.47. The smallest absolute Gasteiger partial charge is 0.388 e. The van der Waals surface area contributed by atoms with Crippen LogP contribution in [0.2, 0.25) is 0 Å². The number of nitrogens with zero attached hydrogens (tertiary/aromatic N) is 2. The fraction of sp³-hybridized carbons (Fsp3) is 0.286. The summed E-state index contributed by atoms with van der Waals surface area (Å²) in [6.45, 7) is 1.25. The Hall–Kier alpha value is -1.13. The third-order valence-electron chi connectivity index (χ3n) is 1.51. The fourth-order valence-electron chi connectivity index (χ4n) is 0.902. The van der Waals surface area contributed by atoms with E-state index in [2.05, 4.69) is 9.72 Å². The number of nitro groups is 1. The lowest BCUT2D eigenvalue weighted by molar-refractivity contribution is -0.386. The number of hydrogen-bond donors (Lipinski definition) is 0. The molecule has 0 aromatic carbocycles. The number of rotatable bonds is 2. The van der Waals surface area contributed by atoms with Gasteiger partial charge < -0.3 is 4.74 Å². The molecule has 0 atom stereocenters. The first-order valence-electron chi connectivity index (χ1n) is 3.78. The highest BCUT2D eigenvalue weighted by molar-refractivity contribution is 14.1. The zero-order valence-electron chi connectivity index (χ0n) is 7.71. The Labute approximate surface area is 101 Å². The summed E-state index contributed by atoms with van der Waals surface area (Å²) in [5, 5.41) is 10.5. The van der Waals surface area contributed by atoms with E-state index in [1.807, 2.05) is 0 Å². The Balaban J connectivity index is 3.16. The van der Waals surface area contributed by atoms with Crippen LogP contribution in [0.25, 0.3) is 0 Å². The van der Waals surface area contributed by atoms with Crippen molar-refractivity contribution < 1.29 is 22.8 Å². The van der Waals surface area contributed by atoms with E-state index in [1.165, 1.54) is 29.5 Å². The summed E-state index contributed by atoms with van der Waals surface area (Å²) in [7, 11) is 0. The van der Waals surface area contributed by atoms with E-state index < -0.39 is 17.2 Å². The quantitative estimate of drug-likeness (QED) is 0.357. The first-order chi connectivity index (χ1) is 7.20. The van der Waals surface area contributed by atoms with Gasteiger partial charge in [0, 0.05) is 11.6 Å². The maximum absolute atomic E-state index is 11.9. The van der Waals surface area contributed by atoms with Gasteiger partial charge in [-0.3, -0.25) is 10.1 Å². The largest absolute Gasteiger partial charge is 0.574 e. The molecule has 0 saturated heterocycles. The lowest BCUT2D eigenvalue weighted by atomic mass is 10.3. The SMILES string of the molecule is Cc1cc([N+](=O)[O-])c(I)nc1OC(F)(F)F. The van der Waals surface area contributed by atoms with Gasteiger partial charge in [-0.15, -0.1) is 13.2 Å². The normalized spacial score (nSPS) is 11.3. The third-order valence-corrected chi connectivity index (χ3v) is 2.30. The Morgan fingerprint density at radius 3 is 2.56 bits per heavy atom. The van der Waals surface area contributed by atoms with E-state index in [-0.39, 0.29) is 15.0 Å². The van der Waals surface area contributed by atoms with Gasteiger partial charge in [-0.05, 0) is 29.5 Å². The predicted octanol–water partition coefficient (Wildman–Crippen LogP) is 2.80. The second-order valence-electron chi connectivity index (χ2n) is 2.73. The average molecular weight is 348 g/mol. The van der Waals surface area contributed by atoms with Gasteiger partial charge in [0.2, 0.25) is 5.88 Å². The highest BCUT2D eigenvalue weighted by Gasteiger charge is 2.33. The van der Waals surface area contributed by atoms with E-state index >= 15 is 0 Å². The van der Waals surface area contributed by atoms with Crippen LogP contribution >= 0.6 is 22.6 Å². The van der Waals surface area contributed by atoms with Crippen molar-refractivity contribution in [2.75, 3.05) is 0 Å². The Kier molecular flexibility index (Phi) is 3.55. The minimum atomic E-state index is -4.86. The molecule has 0 aliphatic rings. The molecule has 0 radical (unpaired) electrons. The molecule has 0 N–H and O–H groups in total. The van der Waals surface area contributed by atoms with Gasteiger partial charge in [0.15, 0.2) is 3.70 Å². The molecule has 1 aromatic heterocycles. The Morgan fingerprint density at radius 2 is 2.12 bits per heavy atom. The number of ether oxygens (including phenoxy) is 1. The summed E-state index contributed by atoms with van der Waals surface area (Å²) >= 11 is 1.47. The molecule has 0 spiro atoms. The van der Waals surface area contributed by atoms with Crippen molar-refractivity contribution in [1.29, 1.82) is 0 Å². The third kappa shape index (κ3) is 3.18. The number of halogens is 4. The molecule has 0 saturated carbocycles. The Bertz CT molecular complexity index is 436. The standard InChI is InChI=1S/C7H4F3IN2O3/c1-3-2-4(13(14)15)5(11)12-6(3)16-7(8,9)10/h2H,1H3. The van der Waals surface area contributed by atoms with E-state index in [0.717, 1.165) is 6.07 Å². The summed E-state index contributed by atoms with van der Waals surface area (Å²) in [6, 6.07) is 0.982. The second kappa shape index (κ2) is 4.39. The second-order valence-corrected chi connectivity index (χ2v) is 3.75. The van der Waals surface area contributed by atoms with Gasteiger partial charge in [0.1, 0.15) is 0 Å². The minimum Gasteiger partial charge on any atom is -0.388 e. The molecular formula is C7H4F3IN2O3. The summed E-state index contributed by atoms with van der Waals surface area (Å²) in [6.07, 6.45) is -4.86. The van der Waals surface area contributed by atoms with E-state index in [1.54, 1.807) is 0 Å². The molecule has 5 nitrogen and oxygen atoms in total. The van der Waals surface area contributed by atoms with Crippen LogP contribution in [0, 0.1) is 20.7 Å². The number of aryl methyl sites for hydroxylation is 1. The average Bonchev–Trinajstić information content (AvgIpc) is 2.07. The summed E-state index contributed by atoms with van der Waals surface area (Å²) in [5.41, 5.74) is -0.405. The van der Waals surface area contributed by atoms with Crippen molar-refractivity contribution in [2.24, 2.45) is 0 Å². The van der Waals surface area contributed by atoms with Gasteiger partial charge in [-0.1, -0.05) is 0 Å². The topological polar surface area (TPSA) is 65.3 Å². The van der Waals surface area contributed by atoms with Gasteiger partial charge in [-0.25, -0.2) is 0 Å². The summed E-state index contributed by atoms with van der Waals surface area (Å²) in [4.78, 5) is 13.1. The van der Waals surface area contributed by atoms with E-state index in [4.69, 9.17) is 0 Å². The molecule has 1 aromatic rings. The molecule has 88 valence electrons. The van der Waals surface area contributed by atoms with Crippen molar-refractivity contribution in [3.05, 3.63) is 25.4 Å². The molecule has 0 aliphatic heterocycles. The molecule has 0 aliphatic carbocycles. The molecule has 1 heterocycles. The molecule has 16 heavy (non-hydrogen) atoms. The first kappa shape index (κ1) is 12.9. The zero-order valence-corrected chi connectivity index (χ0v) is 9.87. The number of pyridine rings is 1. The molecule has 1 rings (SSSR count). The molecule has 0 fully saturated rings. The van der Waals surface area contributed by atoms with Gasteiger partial charge in [0.25, 0.3) is 0 Å². The van der Waals surface area contributed by atoms with Crippen molar-refractivity contribution in [3.8, 4) is 5.88 Å². The zero-order chi connectivity index (χ0) is 12.5. The number of aromatic nitrogens is 1. The lowest BCUT2D eigenvalue weighted by Gasteiger charge is -2.10. The molecule has 0 bridgehead atoms. The molecular weight excluding hydrogens is 344 g/mol. The maximum atomic E-state index is 11.9. The van der Waals surface area contributed by atoms with E-state index in [0.29, 0.717) is 0 Å². The highest BCUT2D eigenvalue weighted by Crippen LogP contribution is 2.29. The van der Waals surface area contributed by atoms with Crippen LogP contribution in [0.4, 0.5) is 18.9 Å². The van der Waals surface area contributed by atoms with Crippen LogP contribution in [0.3, 0.4) is 0 Å². The monoisotopic (exact) mass is 348 g/mol. The van der Waals surface area contributed by atoms with Crippen LogP contribution in [-0.2, 0) is 0 Å². The van der Waals surface area contributed by atoms with Crippen molar-refractivity contribution in [3.63, 3.8) is 0 Å². The van der Waals surface area contributed by atoms with Crippen molar-refractivity contribution in [1.82, 2.24) is 4.98 Å². The lowest BCUT2D eigenvalue weighted by Crippen LogP contribution is -2.19. The van der Waals surface area contributed by atoms with Crippen LogP contribution in [-0.4, -0.2) is 16.3 Å². The van der Waals surface area contributed by atoms with Crippen LogP contribution < -0.4 is 4.74 Å². The predicted molar refractivity (Wildman–Crippen MR) is 55.0 cm³/mol. The van der Waals surface area contributed by atoms with E-state index in [9.17, 15) is 23.3 Å². The summed E-state index contributed by atoms with van der Waals surface area (Å²) < 4.78 is 39.2. The molecule has 0 amide bonds. The molecule has 9 heteroatoms. The van der Waals surface area contributed by atoms with Crippen LogP contribution in [0.1, 0.15) is 5.56 Å². The Morgan fingerprint density at radius 1 is 1.56 bits per heavy atom. The van der Waals surface area contributed by atoms with Gasteiger partial charge >= 0.3 is 12.0 Å². The minimum absolute atomic E-state index is 0.0514. The van der Waals surface area contributed by atoms with Crippen LogP contribution in [0.15, 0.2) is 6.07 Å².